The van der Waals surface area contributed by atoms with Crippen LogP contribution in [0.1, 0.15) is 20.3 Å². The first-order chi connectivity index (χ1) is 9.73. The van der Waals surface area contributed by atoms with Gasteiger partial charge in [0.1, 0.15) is 4.90 Å². The highest BCUT2D eigenvalue weighted by Crippen LogP contribution is 2.31. The van der Waals surface area contributed by atoms with Gasteiger partial charge in [-0.1, -0.05) is 13.8 Å². The van der Waals surface area contributed by atoms with Crippen molar-refractivity contribution < 1.29 is 13.3 Å². The number of nitro benzene ring substituents is 1. The molecular formula is C13H19N3O4S. The van der Waals surface area contributed by atoms with Crippen molar-refractivity contribution in [3.05, 3.63) is 28.3 Å². The summed E-state index contributed by atoms with van der Waals surface area (Å²) in [4.78, 5) is 10.0. The molecule has 0 aromatic heterocycles. The Balaban J connectivity index is 2.31. The molecule has 7 nitrogen and oxygen atoms in total. The second-order valence-corrected chi connectivity index (χ2v) is 7.54. The van der Waals surface area contributed by atoms with E-state index < -0.39 is 14.9 Å². The smallest absolute Gasteiger partial charge is 0.271 e. The molecule has 1 unspecified atom stereocenters. The zero-order chi connectivity index (χ0) is 15.8. The van der Waals surface area contributed by atoms with Crippen molar-refractivity contribution in [1.82, 2.24) is 4.31 Å². The summed E-state index contributed by atoms with van der Waals surface area (Å²) in [6.07, 6.45) is 0.823. The quantitative estimate of drug-likeness (QED) is 0.518. The van der Waals surface area contributed by atoms with Crippen molar-refractivity contribution in [2.24, 2.45) is 11.8 Å². The van der Waals surface area contributed by atoms with Crippen molar-refractivity contribution >= 4 is 21.4 Å². The molecule has 2 rings (SSSR count). The molecule has 1 heterocycles. The number of nitrogens with zero attached hydrogens (tertiary/aromatic N) is 2. The molecule has 2 N–H and O–H groups in total. The van der Waals surface area contributed by atoms with E-state index in [0.717, 1.165) is 12.5 Å². The number of hydrogen-bond donors (Lipinski definition) is 1. The lowest BCUT2D eigenvalue weighted by Crippen LogP contribution is -2.30. The molecule has 21 heavy (non-hydrogen) atoms. The molecule has 1 saturated heterocycles. The van der Waals surface area contributed by atoms with Gasteiger partial charge in [0.2, 0.25) is 10.0 Å². The van der Waals surface area contributed by atoms with E-state index in [1.165, 1.54) is 16.4 Å². The highest BCUT2D eigenvalue weighted by atomic mass is 32.2. The van der Waals surface area contributed by atoms with Crippen LogP contribution in [0.5, 0.6) is 0 Å². The van der Waals surface area contributed by atoms with Crippen LogP contribution in [0.15, 0.2) is 23.1 Å². The van der Waals surface area contributed by atoms with Gasteiger partial charge in [-0.15, -0.1) is 0 Å². The van der Waals surface area contributed by atoms with Gasteiger partial charge in [0.25, 0.3) is 5.69 Å². The molecule has 1 aliphatic rings. The van der Waals surface area contributed by atoms with Crippen LogP contribution < -0.4 is 5.73 Å². The van der Waals surface area contributed by atoms with Gasteiger partial charge >= 0.3 is 0 Å². The number of sulfonamides is 1. The average Bonchev–Trinajstić information content (AvgIpc) is 2.88. The standard InChI is InChI=1S/C13H19N3O4S/c1-9(2)10-5-6-15(8-10)21(19,20)13-4-3-11(16(17)18)7-12(13)14/h3-4,7,9-10H,5-6,8,14H2,1-2H3. The molecule has 0 amide bonds. The Morgan fingerprint density at radius 1 is 1.43 bits per heavy atom. The van der Waals surface area contributed by atoms with Crippen LogP contribution in [0.3, 0.4) is 0 Å². The first-order valence-electron chi connectivity index (χ1n) is 6.77. The Labute approximate surface area is 123 Å². The zero-order valence-electron chi connectivity index (χ0n) is 12.0. The maximum atomic E-state index is 12.6. The van der Waals surface area contributed by atoms with Gasteiger partial charge in [0.15, 0.2) is 0 Å². The van der Waals surface area contributed by atoms with Gasteiger partial charge in [-0.3, -0.25) is 10.1 Å². The normalized spacial score (nSPS) is 20.0. The predicted octanol–water partition coefficient (Wildman–Crippen LogP) is 1.84. The van der Waals surface area contributed by atoms with E-state index in [0.29, 0.717) is 24.9 Å². The van der Waals surface area contributed by atoms with Crippen molar-refractivity contribution in [2.45, 2.75) is 25.2 Å². The van der Waals surface area contributed by atoms with E-state index >= 15 is 0 Å². The number of nitrogen functional groups attached to an aromatic ring is 1. The molecule has 1 aliphatic heterocycles. The summed E-state index contributed by atoms with van der Waals surface area (Å²) in [5.41, 5.74) is 5.40. The minimum Gasteiger partial charge on any atom is -0.397 e. The number of benzene rings is 1. The Morgan fingerprint density at radius 3 is 2.57 bits per heavy atom. The lowest BCUT2D eigenvalue weighted by Gasteiger charge is -2.19. The fourth-order valence-electron chi connectivity index (χ4n) is 2.54. The van der Waals surface area contributed by atoms with Crippen LogP contribution in [0, 0.1) is 22.0 Å². The zero-order valence-corrected chi connectivity index (χ0v) is 12.8. The summed E-state index contributed by atoms with van der Waals surface area (Å²) in [5, 5.41) is 10.7. The number of non-ortho nitro benzene ring substituents is 1. The van der Waals surface area contributed by atoms with Gasteiger partial charge in [0.05, 0.1) is 10.6 Å². The van der Waals surface area contributed by atoms with Crippen LogP contribution in [-0.2, 0) is 10.0 Å². The Morgan fingerprint density at radius 2 is 2.10 bits per heavy atom. The maximum absolute atomic E-state index is 12.6. The number of hydrogen-bond acceptors (Lipinski definition) is 5. The molecule has 1 fully saturated rings. The summed E-state index contributed by atoms with van der Waals surface area (Å²) in [7, 11) is -3.69. The molecule has 1 aromatic rings. The number of rotatable bonds is 4. The molecular weight excluding hydrogens is 294 g/mol. The molecule has 0 spiro atoms. The first kappa shape index (κ1) is 15.7. The molecule has 0 radical (unpaired) electrons. The lowest BCUT2D eigenvalue weighted by molar-refractivity contribution is -0.384. The second-order valence-electron chi connectivity index (χ2n) is 5.64. The third-order valence-electron chi connectivity index (χ3n) is 3.95. The van der Waals surface area contributed by atoms with Gasteiger partial charge in [-0.2, -0.15) is 4.31 Å². The van der Waals surface area contributed by atoms with Gasteiger partial charge in [-0.25, -0.2) is 8.42 Å². The molecule has 0 bridgehead atoms. The lowest BCUT2D eigenvalue weighted by atomic mass is 9.96. The fourth-order valence-corrected chi connectivity index (χ4v) is 4.15. The van der Waals surface area contributed by atoms with E-state index in [-0.39, 0.29) is 16.3 Å². The summed E-state index contributed by atoms with van der Waals surface area (Å²) in [5.74, 6) is 0.749. The van der Waals surface area contributed by atoms with E-state index in [1.54, 1.807) is 0 Å². The number of nitrogens with two attached hydrogens (primary N) is 1. The van der Waals surface area contributed by atoms with Crippen molar-refractivity contribution in [3.8, 4) is 0 Å². The van der Waals surface area contributed by atoms with Crippen LogP contribution in [0.25, 0.3) is 0 Å². The Hall–Kier alpha value is -1.67. The van der Waals surface area contributed by atoms with Crippen molar-refractivity contribution in [3.63, 3.8) is 0 Å². The summed E-state index contributed by atoms with van der Waals surface area (Å²) >= 11 is 0. The predicted molar refractivity (Wildman–Crippen MR) is 79.2 cm³/mol. The highest BCUT2D eigenvalue weighted by Gasteiger charge is 2.34. The van der Waals surface area contributed by atoms with Crippen LogP contribution in [-0.4, -0.2) is 30.7 Å². The van der Waals surface area contributed by atoms with Crippen LogP contribution in [0.2, 0.25) is 0 Å². The minimum absolute atomic E-state index is 0.0579. The molecule has 8 heteroatoms. The monoisotopic (exact) mass is 313 g/mol. The molecule has 0 saturated carbocycles. The number of anilines is 1. The summed E-state index contributed by atoms with van der Waals surface area (Å²) < 4.78 is 26.6. The molecule has 1 aromatic carbocycles. The third-order valence-corrected chi connectivity index (χ3v) is 5.89. The van der Waals surface area contributed by atoms with E-state index in [4.69, 9.17) is 5.73 Å². The molecule has 1 atom stereocenters. The molecule has 0 aliphatic carbocycles. The van der Waals surface area contributed by atoms with E-state index in [9.17, 15) is 18.5 Å². The average molecular weight is 313 g/mol. The SMILES string of the molecule is CC(C)C1CCN(S(=O)(=O)c2ccc([N+](=O)[O-])cc2N)C1. The van der Waals surface area contributed by atoms with Gasteiger partial charge < -0.3 is 5.73 Å². The number of nitro groups is 1. The third kappa shape index (κ3) is 3.01. The molecule has 116 valence electrons. The van der Waals surface area contributed by atoms with Crippen LogP contribution in [0.4, 0.5) is 11.4 Å². The largest absolute Gasteiger partial charge is 0.397 e. The van der Waals surface area contributed by atoms with E-state index in [2.05, 4.69) is 13.8 Å². The minimum atomic E-state index is -3.69. The van der Waals surface area contributed by atoms with Gasteiger partial charge in [0, 0.05) is 25.2 Å². The highest BCUT2D eigenvalue weighted by molar-refractivity contribution is 7.89. The summed E-state index contributed by atoms with van der Waals surface area (Å²) in [6, 6.07) is 3.47. The van der Waals surface area contributed by atoms with Crippen LogP contribution >= 0.6 is 0 Å². The van der Waals surface area contributed by atoms with Crippen molar-refractivity contribution in [1.29, 1.82) is 0 Å². The topological polar surface area (TPSA) is 107 Å². The second kappa shape index (κ2) is 5.61. The Kier molecular flexibility index (Phi) is 4.20. The van der Waals surface area contributed by atoms with E-state index in [1.807, 2.05) is 0 Å². The first-order valence-corrected chi connectivity index (χ1v) is 8.21. The maximum Gasteiger partial charge on any atom is 0.271 e. The van der Waals surface area contributed by atoms with Gasteiger partial charge in [-0.05, 0) is 24.3 Å². The van der Waals surface area contributed by atoms with Crippen molar-refractivity contribution in [2.75, 3.05) is 18.8 Å². The Bertz CT molecular complexity index is 657. The fraction of sp³-hybridized carbons (Fsp3) is 0.538. The summed E-state index contributed by atoms with van der Waals surface area (Å²) in [6.45, 7) is 5.07.